The summed E-state index contributed by atoms with van der Waals surface area (Å²) in [5.41, 5.74) is 2.53. The minimum absolute atomic E-state index is 0.153. The lowest BCUT2D eigenvalue weighted by Gasteiger charge is -2.02. The SMILES string of the molecule is OC1CC=C(c2ccccc2)C1. The van der Waals surface area contributed by atoms with Gasteiger partial charge in [-0.05, 0) is 24.0 Å². The number of benzene rings is 1. The zero-order valence-electron chi connectivity index (χ0n) is 6.90. The smallest absolute Gasteiger partial charge is 0.0615 e. The highest BCUT2D eigenvalue weighted by atomic mass is 16.3. The molecule has 0 aromatic heterocycles. The molecule has 1 atom stereocenters. The van der Waals surface area contributed by atoms with Gasteiger partial charge in [-0.15, -0.1) is 0 Å². The monoisotopic (exact) mass is 160 g/mol. The normalized spacial score (nSPS) is 22.4. The van der Waals surface area contributed by atoms with E-state index in [-0.39, 0.29) is 6.10 Å². The van der Waals surface area contributed by atoms with Gasteiger partial charge in [0.1, 0.15) is 0 Å². The molecule has 12 heavy (non-hydrogen) atoms. The standard InChI is InChI=1S/C11H12O/c12-11-7-6-10(8-11)9-4-2-1-3-5-9/h1-6,11-12H,7-8H2. The maximum Gasteiger partial charge on any atom is 0.0615 e. The summed E-state index contributed by atoms with van der Waals surface area (Å²) in [5, 5.41) is 9.31. The molecule has 0 aliphatic heterocycles. The van der Waals surface area contributed by atoms with Gasteiger partial charge in [-0.1, -0.05) is 36.4 Å². The van der Waals surface area contributed by atoms with Gasteiger partial charge in [0.2, 0.25) is 0 Å². The molecule has 1 nitrogen and oxygen atoms in total. The topological polar surface area (TPSA) is 20.2 Å². The van der Waals surface area contributed by atoms with Crippen LogP contribution in [0.4, 0.5) is 0 Å². The summed E-state index contributed by atoms with van der Waals surface area (Å²) in [5.74, 6) is 0. The quantitative estimate of drug-likeness (QED) is 0.668. The first-order valence-corrected chi connectivity index (χ1v) is 4.29. The van der Waals surface area contributed by atoms with E-state index in [2.05, 4.69) is 18.2 Å². The molecule has 0 spiro atoms. The van der Waals surface area contributed by atoms with Crippen molar-refractivity contribution in [1.29, 1.82) is 0 Å². The maximum absolute atomic E-state index is 9.31. The number of aliphatic hydroxyl groups excluding tert-OH is 1. The summed E-state index contributed by atoms with van der Waals surface area (Å²) in [6.45, 7) is 0. The van der Waals surface area contributed by atoms with Crippen LogP contribution < -0.4 is 0 Å². The van der Waals surface area contributed by atoms with E-state index in [9.17, 15) is 5.11 Å². The second kappa shape index (κ2) is 3.11. The molecule has 1 aromatic carbocycles. The Labute approximate surface area is 72.4 Å². The highest BCUT2D eigenvalue weighted by Crippen LogP contribution is 2.27. The summed E-state index contributed by atoms with van der Waals surface area (Å²) < 4.78 is 0. The molecule has 0 radical (unpaired) electrons. The summed E-state index contributed by atoms with van der Waals surface area (Å²) in [4.78, 5) is 0. The van der Waals surface area contributed by atoms with E-state index in [1.54, 1.807) is 0 Å². The lowest BCUT2D eigenvalue weighted by molar-refractivity contribution is 0.191. The van der Waals surface area contributed by atoms with Crippen molar-refractivity contribution in [1.82, 2.24) is 0 Å². The van der Waals surface area contributed by atoms with Crippen LogP contribution in [0.2, 0.25) is 0 Å². The van der Waals surface area contributed by atoms with E-state index < -0.39 is 0 Å². The first kappa shape index (κ1) is 7.56. The fourth-order valence-electron chi connectivity index (χ4n) is 1.59. The molecule has 1 unspecified atom stereocenters. The van der Waals surface area contributed by atoms with Crippen LogP contribution in [-0.2, 0) is 0 Å². The summed E-state index contributed by atoms with van der Waals surface area (Å²) >= 11 is 0. The third-order valence-corrected chi connectivity index (χ3v) is 2.24. The molecule has 0 saturated heterocycles. The molecule has 0 amide bonds. The molecule has 62 valence electrons. The molecule has 1 heteroatoms. The van der Waals surface area contributed by atoms with Crippen LogP contribution in [0.1, 0.15) is 18.4 Å². The van der Waals surface area contributed by atoms with Gasteiger partial charge in [-0.3, -0.25) is 0 Å². The molecule has 0 heterocycles. The molecule has 0 bridgehead atoms. The van der Waals surface area contributed by atoms with Crippen molar-refractivity contribution >= 4 is 5.57 Å². The summed E-state index contributed by atoms with van der Waals surface area (Å²) in [7, 11) is 0. The van der Waals surface area contributed by atoms with E-state index in [4.69, 9.17) is 0 Å². The third-order valence-electron chi connectivity index (χ3n) is 2.24. The molecule has 1 N–H and O–H groups in total. The maximum atomic E-state index is 9.31. The highest BCUT2D eigenvalue weighted by molar-refractivity contribution is 5.67. The van der Waals surface area contributed by atoms with E-state index in [1.807, 2.05) is 18.2 Å². The average Bonchev–Trinajstić information content (AvgIpc) is 2.54. The zero-order chi connectivity index (χ0) is 8.39. The Morgan fingerprint density at radius 3 is 2.50 bits per heavy atom. The minimum Gasteiger partial charge on any atom is -0.392 e. The number of aliphatic hydroxyl groups is 1. The number of hydrogen-bond donors (Lipinski definition) is 1. The van der Waals surface area contributed by atoms with Crippen LogP contribution in [0.25, 0.3) is 5.57 Å². The molecule has 1 aliphatic rings. The second-order valence-electron chi connectivity index (χ2n) is 3.19. The van der Waals surface area contributed by atoms with E-state index >= 15 is 0 Å². The molecule has 1 aromatic rings. The number of rotatable bonds is 1. The van der Waals surface area contributed by atoms with E-state index in [1.165, 1.54) is 11.1 Å². The summed E-state index contributed by atoms with van der Waals surface area (Å²) in [6, 6.07) is 10.2. The lowest BCUT2D eigenvalue weighted by Crippen LogP contribution is -1.98. The Bertz CT molecular complexity index is 287. The van der Waals surface area contributed by atoms with Crippen LogP contribution in [-0.4, -0.2) is 11.2 Å². The van der Waals surface area contributed by atoms with Crippen LogP contribution >= 0.6 is 0 Å². The first-order chi connectivity index (χ1) is 5.86. The van der Waals surface area contributed by atoms with E-state index in [0.717, 1.165) is 12.8 Å². The Balaban J connectivity index is 2.22. The van der Waals surface area contributed by atoms with Gasteiger partial charge in [0.25, 0.3) is 0 Å². The molecule has 1 aliphatic carbocycles. The van der Waals surface area contributed by atoms with Gasteiger partial charge in [0.05, 0.1) is 6.10 Å². The average molecular weight is 160 g/mol. The van der Waals surface area contributed by atoms with Crippen LogP contribution in [0, 0.1) is 0 Å². The zero-order valence-corrected chi connectivity index (χ0v) is 6.90. The van der Waals surface area contributed by atoms with Crippen molar-refractivity contribution < 1.29 is 5.11 Å². The van der Waals surface area contributed by atoms with E-state index in [0.29, 0.717) is 0 Å². The Morgan fingerprint density at radius 2 is 1.92 bits per heavy atom. The van der Waals surface area contributed by atoms with Gasteiger partial charge >= 0.3 is 0 Å². The van der Waals surface area contributed by atoms with Gasteiger partial charge in [-0.25, -0.2) is 0 Å². The van der Waals surface area contributed by atoms with Crippen LogP contribution in [0.3, 0.4) is 0 Å². The van der Waals surface area contributed by atoms with Crippen molar-refractivity contribution in [2.24, 2.45) is 0 Å². The minimum atomic E-state index is -0.153. The molecule has 0 saturated carbocycles. The highest BCUT2D eigenvalue weighted by Gasteiger charge is 2.14. The van der Waals surface area contributed by atoms with Crippen LogP contribution in [0.15, 0.2) is 36.4 Å². The van der Waals surface area contributed by atoms with Crippen molar-refractivity contribution in [3.8, 4) is 0 Å². The second-order valence-corrected chi connectivity index (χ2v) is 3.19. The van der Waals surface area contributed by atoms with Crippen molar-refractivity contribution in [3.05, 3.63) is 42.0 Å². The Hall–Kier alpha value is -1.08. The third kappa shape index (κ3) is 1.41. The predicted octanol–water partition coefficient (Wildman–Crippen LogP) is 2.22. The van der Waals surface area contributed by atoms with Gasteiger partial charge in [-0.2, -0.15) is 0 Å². The Kier molecular flexibility index (Phi) is 1.96. The first-order valence-electron chi connectivity index (χ1n) is 4.29. The predicted molar refractivity (Wildman–Crippen MR) is 49.7 cm³/mol. The van der Waals surface area contributed by atoms with Crippen LogP contribution in [0.5, 0.6) is 0 Å². The van der Waals surface area contributed by atoms with Gasteiger partial charge < -0.3 is 5.11 Å². The largest absolute Gasteiger partial charge is 0.392 e. The molecule has 0 fully saturated rings. The fraction of sp³-hybridized carbons (Fsp3) is 0.273. The van der Waals surface area contributed by atoms with Crippen molar-refractivity contribution in [2.45, 2.75) is 18.9 Å². The molecular formula is C11H12O. The van der Waals surface area contributed by atoms with Crippen molar-refractivity contribution in [3.63, 3.8) is 0 Å². The Morgan fingerprint density at radius 1 is 1.17 bits per heavy atom. The molecular weight excluding hydrogens is 148 g/mol. The lowest BCUT2D eigenvalue weighted by atomic mass is 10.1. The van der Waals surface area contributed by atoms with Gasteiger partial charge in [0.15, 0.2) is 0 Å². The fourth-order valence-corrected chi connectivity index (χ4v) is 1.59. The number of hydrogen-bond acceptors (Lipinski definition) is 1. The van der Waals surface area contributed by atoms with Gasteiger partial charge in [0, 0.05) is 0 Å². The molecule has 2 rings (SSSR count). The van der Waals surface area contributed by atoms with Crippen molar-refractivity contribution in [2.75, 3.05) is 0 Å². The summed E-state index contributed by atoms with van der Waals surface area (Å²) in [6.07, 6.45) is 3.59.